The molecule has 0 atom stereocenters. The van der Waals surface area contributed by atoms with Gasteiger partial charge < -0.3 is 19.9 Å². The maximum absolute atomic E-state index is 12.6. The molecule has 0 radical (unpaired) electrons. The summed E-state index contributed by atoms with van der Waals surface area (Å²) in [6, 6.07) is 17.4. The van der Waals surface area contributed by atoms with Gasteiger partial charge in [-0.1, -0.05) is 30.3 Å². The third-order valence-corrected chi connectivity index (χ3v) is 5.39. The molecule has 0 unspecified atom stereocenters. The van der Waals surface area contributed by atoms with E-state index in [0.29, 0.717) is 31.7 Å². The zero-order chi connectivity index (χ0) is 21.3. The molecular formula is C24H31N3O3. The van der Waals surface area contributed by atoms with Crippen molar-refractivity contribution in [3.05, 3.63) is 60.2 Å². The number of benzene rings is 2. The Kier molecular flexibility index (Phi) is 7.85. The van der Waals surface area contributed by atoms with Crippen LogP contribution in [0.1, 0.15) is 18.4 Å². The number of nitrogens with zero attached hydrogens (tertiary/aromatic N) is 2. The van der Waals surface area contributed by atoms with Crippen molar-refractivity contribution in [2.75, 3.05) is 45.7 Å². The van der Waals surface area contributed by atoms with E-state index >= 15 is 0 Å². The second-order valence-corrected chi connectivity index (χ2v) is 8.00. The number of hydrogen-bond donors (Lipinski definition) is 1. The minimum Gasteiger partial charge on any atom is -0.484 e. The van der Waals surface area contributed by atoms with E-state index in [2.05, 4.69) is 36.4 Å². The third-order valence-electron chi connectivity index (χ3n) is 5.39. The van der Waals surface area contributed by atoms with Crippen LogP contribution >= 0.6 is 0 Å². The predicted molar refractivity (Wildman–Crippen MR) is 119 cm³/mol. The number of carbonyl (C=O) groups is 2. The highest BCUT2D eigenvalue weighted by Gasteiger charge is 2.27. The van der Waals surface area contributed by atoms with E-state index in [1.807, 2.05) is 42.5 Å². The van der Waals surface area contributed by atoms with E-state index in [4.69, 9.17) is 4.74 Å². The molecule has 3 rings (SSSR count). The summed E-state index contributed by atoms with van der Waals surface area (Å²) >= 11 is 0. The van der Waals surface area contributed by atoms with Gasteiger partial charge in [-0.25, -0.2) is 0 Å². The molecule has 1 aliphatic rings. The normalized spacial score (nSPS) is 14.6. The van der Waals surface area contributed by atoms with Crippen LogP contribution in [0.2, 0.25) is 0 Å². The van der Waals surface area contributed by atoms with Crippen molar-refractivity contribution in [1.29, 1.82) is 0 Å². The van der Waals surface area contributed by atoms with E-state index in [1.54, 1.807) is 4.90 Å². The predicted octanol–water partition coefficient (Wildman–Crippen LogP) is 3.05. The highest BCUT2D eigenvalue weighted by Crippen LogP contribution is 2.20. The van der Waals surface area contributed by atoms with Gasteiger partial charge in [0.2, 0.25) is 5.91 Å². The summed E-state index contributed by atoms with van der Waals surface area (Å²) in [6.07, 6.45) is 2.33. The number of carbonyl (C=O) groups excluding carboxylic acids is 2. The summed E-state index contributed by atoms with van der Waals surface area (Å²) in [7, 11) is 4.12. The maximum Gasteiger partial charge on any atom is 0.260 e. The Morgan fingerprint density at radius 3 is 2.33 bits per heavy atom. The number of amides is 2. The van der Waals surface area contributed by atoms with Gasteiger partial charge in [-0.15, -0.1) is 0 Å². The van der Waals surface area contributed by atoms with Gasteiger partial charge in [0.25, 0.3) is 5.91 Å². The molecule has 1 heterocycles. The Bertz CT molecular complexity index is 813. The molecule has 1 saturated heterocycles. The maximum atomic E-state index is 12.6. The largest absolute Gasteiger partial charge is 0.484 e. The van der Waals surface area contributed by atoms with Crippen LogP contribution in [0.3, 0.4) is 0 Å². The lowest BCUT2D eigenvalue weighted by atomic mass is 9.95. The second kappa shape index (κ2) is 10.8. The van der Waals surface area contributed by atoms with Crippen molar-refractivity contribution in [3.63, 3.8) is 0 Å². The first kappa shape index (κ1) is 21.8. The molecule has 6 nitrogen and oxygen atoms in total. The molecule has 2 amide bonds. The molecule has 2 aromatic carbocycles. The average molecular weight is 410 g/mol. The van der Waals surface area contributed by atoms with E-state index in [1.165, 1.54) is 5.56 Å². The first-order chi connectivity index (χ1) is 14.5. The summed E-state index contributed by atoms with van der Waals surface area (Å²) in [5, 5.41) is 3.02. The number of rotatable bonds is 8. The zero-order valence-electron chi connectivity index (χ0n) is 17.8. The van der Waals surface area contributed by atoms with Gasteiger partial charge in [0.15, 0.2) is 6.61 Å². The quantitative estimate of drug-likeness (QED) is 0.728. The first-order valence-corrected chi connectivity index (χ1v) is 10.5. The van der Waals surface area contributed by atoms with Gasteiger partial charge >= 0.3 is 0 Å². The Labute approximate surface area is 178 Å². The minimum absolute atomic E-state index is 0.0288. The molecule has 0 bridgehead atoms. The first-order valence-electron chi connectivity index (χ1n) is 10.5. The number of piperidine rings is 1. The van der Waals surface area contributed by atoms with Crippen molar-refractivity contribution in [2.45, 2.75) is 19.3 Å². The fourth-order valence-electron chi connectivity index (χ4n) is 3.50. The van der Waals surface area contributed by atoms with E-state index in [0.717, 1.165) is 18.7 Å². The summed E-state index contributed by atoms with van der Waals surface area (Å²) in [4.78, 5) is 28.9. The molecule has 0 aliphatic carbocycles. The van der Waals surface area contributed by atoms with Crippen molar-refractivity contribution in [1.82, 2.24) is 9.80 Å². The Morgan fingerprint density at radius 2 is 1.70 bits per heavy atom. The molecule has 1 aliphatic heterocycles. The number of ether oxygens (including phenoxy) is 1. The summed E-state index contributed by atoms with van der Waals surface area (Å²) in [6.45, 7) is 2.19. The van der Waals surface area contributed by atoms with E-state index < -0.39 is 0 Å². The topological polar surface area (TPSA) is 61.9 Å². The number of nitrogens with one attached hydrogen (secondary N) is 1. The van der Waals surface area contributed by atoms with Crippen LogP contribution in [0.25, 0.3) is 0 Å². The summed E-state index contributed by atoms with van der Waals surface area (Å²) in [5.41, 5.74) is 2.08. The fraction of sp³-hybridized carbons (Fsp3) is 0.417. The third kappa shape index (κ3) is 6.59. The van der Waals surface area contributed by atoms with E-state index in [9.17, 15) is 9.59 Å². The minimum atomic E-state index is -0.0718. The molecular weight excluding hydrogens is 378 g/mol. The number of anilines is 1. The monoisotopic (exact) mass is 409 g/mol. The lowest BCUT2D eigenvalue weighted by Gasteiger charge is -2.31. The number of likely N-dealkylation sites (tertiary alicyclic amines) is 1. The molecule has 1 fully saturated rings. The number of hydrogen-bond acceptors (Lipinski definition) is 4. The van der Waals surface area contributed by atoms with Crippen molar-refractivity contribution >= 4 is 17.5 Å². The molecule has 2 aromatic rings. The van der Waals surface area contributed by atoms with Crippen LogP contribution in [0.15, 0.2) is 54.6 Å². The highest BCUT2D eigenvalue weighted by molar-refractivity contribution is 5.92. The van der Waals surface area contributed by atoms with Crippen molar-refractivity contribution in [3.8, 4) is 5.75 Å². The Morgan fingerprint density at radius 1 is 1.03 bits per heavy atom. The molecule has 0 saturated carbocycles. The van der Waals surface area contributed by atoms with E-state index in [-0.39, 0.29) is 24.3 Å². The van der Waals surface area contributed by atoms with Crippen molar-refractivity contribution in [2.24, 2.45) is 5.92 Å². The van der Waals surface area contributed by atoms with Crippen LogP contribution in [-0.4, -0.2) is 62.0 Å². The van der Waals surface area contributed by atoms with Gasteiger partial charge in [0.1, 0.15) is 5.75 Å². The van der Waals surface area contributed by atoms with Crippen LogP contribution in [0.4, 0.5) is 5.69 Å². The SMILES string of the molecule is CN(C)CCc1ccc(NC(=O)C2CCN(C(=O)COc3ccccc3)CC2)cc1. The molecule has 1 N–H and O–H groups in total. The van der Waals surface area contributed by atoms with Crippen LogP contribution in [0, 0.1) is 5.92 Å². The second-order valence-electron chi connectivity index (χ2n) is 8.00. The van der Waals surface area contributed by atoms with Gasteiger partial charge in [0, 0.05) is 31.2 Å². The van der Waals surface area contributed by atoms with Gasteiger partial charge in [-0.2, -0.15) is 0 Å². The smallest absolute Gasteiger partial charge is 0.260 e. The molecule has 0 spiro atoms. The van der Waals surface area contributed by atoms with Crippen molar-refractivity contribution < 1.29 is 14.3 Å². The summed E-state index contributed by atoms with van der Waals surface area (Å²) < 4.78 is 5.54. The number of para-hydroxylation sites is 1. The molecule has 160 valence electrons. The van der Waals surface area contributed by atoms with Gasteiger partial charge in [0.05, 0.1) is 0 Å². The molecule has 6 heteroatoms. The Hall–Kier alpha value is -2.86. The molecule has 30 heavy (non-hydrogen) atoms. The Balaban J connectivity index is 1.41. The highest BCUT2D eigenvalue weighted by atomic mass is 16.5. The lowest BCUT2D eigenvalue weighted by molar-refractivity contribution is -0.136. The number of likely N-dealkylation sites (N-methyl/N-ethyl adjacent to an activating group) is 1. The van der Waals surface area contributed by atoms with Crippen LogP contribution in [0.5, 0.6) is 5.75 Å². The van der Waals surface area contributed by atoms with Crippen LogP contribution < -0.4 is 10.1 Å². The van der Waals surface area contributed by atoms with Gasteiger partial charge in [-0.3, -0.25) is 9.59 Å². The van der Waals surface area contributed by atoms with Crippen LogP contribution in [-0.2, 0) is 16.0 Å². The summed E-state index contributed by atoms with van der Waals surface area (Å²) in [5.74, 6) is 0.611. The lowest BCUT2D eigenvalue weighted by Crippen LogP contribution is -2.43. The zero-order valence-corrected chi connectivity index (χ0v) is 17.8. The standard InChI is InChI=1S/C24H31N3O3/c1-26(2)15-12-19-8-10-21(11-9-19)25-24(29)20-13-16-27(17-14-20)23(28)18-30-22-6-4-3-5-7-22/h3-11,20H,12-18H2,1-2H3,(H,25,29). The average Bonchev–Trinajstić information content (AvgIpc) is 2.77. The van der Waals surface area contributed by atoms with Gasteiger partial charge in [-0.05, 0) is 63.2 Å². The fourth-order valence-corrected chi connectivity index (χ4v) is 3.50. The molecule has 0 aromatic heterocycles.